The molecule has 2 rings (SSSR count). The lowest BCUT2D eigenvalue weighted by Crippen LogP contribution is -2.27. The van der Waals surface area contributed by atoms with Crippen LogP contribution in [-0.4, -0.2) is 17.7 Å². The van der Waals surface area contributed by atoms with Gasteiger partial charge in [-0.3, -0.25) is 4.79 Å². The van der Waals surface area contributed by atoms with Gasteiger partial charge in [0.05, 0.1) is 5.92 Å². The first-order valence-corrected chi connectivity index (χ1v) is 4.21. The molecule has 0 spiro atoms. The fourth-order valence-electron chi connectivity index (χ4n) is 1.49. The highest BCUT2D eigenvalue weighted by Crippen LogP contribution is 2.26. The number of ether oxygens (including phenoxy) is 1. The Hall–Kier alpha value is -1.51. The van der Waals surface area contributed by atoms with Crippen LogP contribution in [0.25, 0.3) is 0 Å². The Morgan fingerprint density at radius 3 is 3.00 bits per heavy atom. The van der Waals surface area contributed by atoms with Gasteiger partial charge < -0.3 is 9.84 Å². The monoisotopic (exact) mass is 178 g/mol. The van der Waals surface area contributed by atoms with E-state index in [1.165, 1.54) is 0 Å². The van der Waals surface area contributed by atoms with Crippen molar-refractivity contribution >= 4 is 5.97 Å². The third-order valence-electron chi connectivity index (χ3n) is 2.23. The summed E-state index contributed by atoms with van der Waals surface area (Å²) < 4.78 is 5.32. The van der Waals surface area contributed by atoms with Gasteiger partial charge in [0.1, 0.15) is 12.4 Å². The van der Waals surface area contributed by atoms with Gasteiger partial charge in [-0.15, -0.1) is 0 Å². The SMILES string of the molecule is O=C(O)[C@@H]1COc2ccccc2C1. The van der Waals surface area contributed by atoms with Crippen molar-refractivity contribution in [1.82, 2.24) is 0 Å². The summed E-state index contributed by atoms with van der Waals surface area (Å²) in [5.74, 6) is -0.357. The number of carboxylic acids is 1. The topological polar surface area (TPSA) is 46.5 Å². The van der Waals surface area contributed by atoms with E-state index >= 15 is 0 Å². The molecule has 1 aromatic carbocycles. The predicted molar refractivity (Wildman–Crippen MR) is 46.8 cm³/mol. The van der Waals surface area contributed by atoms with Gasteiger partial charge in [-0.1, -0.05) is 18.2 Å². The first-order chi connectivity index (χ1) is 6.27. The molecular formula is C10H10O3. The maximum atomic E-state index is 10.7. The molecule has 1 atom stereocenters. The molecule has 1 aliphatic rings. The fraction of sp³-hybridized carbons (Fsp3) is 0.300. The molecular weight excluding hydrogens is 168 g/mol. The van der Waals surface area contributed by atoms with Gasteiger partial charge in [0.25, 0.3) is 0 Å². The molecule has 13 heavy (non-hydrogen) atoms. The van der Waals surface area contributed by atoms with Gasteiger partial charge in [0.2, 0.25) is 0 Å². The summed E-state index contributed by atoms with van der Waals surface area (Å²) in [5, 5.41) is 8.78. The summed E-state index contributed by atoms with van der Waals surface area (Å²) in [6.45, 7) is 0.284. The van der Waals surface area contributed by atoms with Crippen molar-refractivity contribution in [1.29, 1.82) is 0 Å². The minimum absolute atomic E-state index is 0.284. The second-order valence-corrected chi connectivity index (χ2v) is 3.16. The third kappa shape index (κ3) is 1.49. The van der Waals surface area contributed by atoms with Crippen molar-refractivity contribution in [3.63, 3.8) is 0 Å². The van der Waals surface area contributed by atoms with Crippen LogP contribution in [0.3, 0.4) is 0 Å². The molecule has 0 fully saturated rings. The number of hydrogen-bond donors (Lipinski definition) is 1. The van der Waals surface area contributed by atoms with E-state index < -0.39 is 11.9 Å². The second kappa shape index (κ2) is 3.09. The van der Waals surface area contributed by atoms with Crippen LogP contribution >= 0.6 is 0 Å². The lowest BCUT2D eigenvalue weighted by molar-refractivity contribution is -0.143. The summed E-state index contributed by atoms with van der Waals surface area (Å²) in [7, 11) is 0. The van der Waals surface area contributed by atoms with Crippen molar-refractivity contribution in [3.05, 3.63) is 29.8 Å². The average Bonchev–Trinajstić information content (AvgIpc) is 2.17. The van der Waals surface area contributed by atoms with E-state index in [1.807, 2.05) is 24.3 Å². The largest absolute Gasteiger partial charge is 0.492 e. The highest BCUT2D eigenvalue weighted by atomic mass is 16.5. The number of aliphatic carboxylic acids is 1. The summed E-state index contributed by atoms with van der Waals surface area (Å²) in [6, 6.07) is 7.56. The Morgan fingerprint density at radius 1 is 1.46 bits per heavy atom. The van der Waals surface area contributed by atoms with Crippen LogP contribution in [0.5, 0.6) is 5.75 Å². The molecule has 1 heterocycles. The first kappa shape index (κ1) is 8.10. The van der Waals surface area contributed by atoms with E-state index in [0.717, 1.165) is 11.3 Å². The zero-order chi connectivity index (χ0) is 9.26. The zero-order valence-electron chi connectivity index (χ0n) is 7.06. The number of para-hydroxylation sites is 1. The smallest absolute Gasteiger partial charge is 0.310 e. The minimum atomic E-state index is -0.783. The van der Waals surface area contributed by atoms with Gasteiger partial charge in [0, 0.05) is 0 Å². The van der Waals surface area contributed by atoms with E-state index in [2.05, 4.69) is 0 Å². The van der Waals surface area contributed by atoms with Crippen LogP contribution < -0.4 is 4.74 Å². The van der Waals surface area contributed by atoms with Gasteiger partial charge in [0.15, 0.2) is 0 Å². The highest BCUT2D eigenvalue weighted by Gasteiger charge is 2.24. The number of hydrogen-bond acceptors (Lipinski definition) is 2. The zero-order valence-corrected chi connectivity index (χ0v) is 7.06. The summed E-state index contributed by atoms with van der Waals surface area (Å²) in [4.78, 5) is 10.7. The van der Waals surface area contributed by atoms with Gasteiger partial charge in [-0.05, 0) is 18.1 Å². The summed E-state index contributed by atoms with van der Waals surface area (Å²) in [5.41, 5.74) is 0.987. The lowest BCUT2D eigenvalue weighted by Gasteiger charge is -2.21. The van der Waals surface area contributed by atoms with Crippen LogP contribution in [-0.2, 0) is 11.2 Å². The van der Waals surface area contributed by atoms with E-state index in [1.54, 1.807) is 0 Å². The van der Waals surface area contributed by atoms with Crippen molar-refractivity contribution < 1.29 is 14.6 Å². The van der Waals surface area contributed by atoms with Crippen LogP contribution in [0.1, 0.15) is 5.56 Å². The van der Waals surface area contributed by atoms with Crippen molar-refractivity contribution in [2.75, 3.05) is 6.61 Å². The molecule has 0 bridgehead atoms. The Morgan fingerprint density at radius 2 is 2.23 bits per heavy atom. The molecule has 0 unspecified atom stereocenters. The molecule has 68 valence electrons. The van der Waals surface area contributed by atoms with Crippen molar-refractivity contribution in [2.24, 2.45) is 5.92 Å². The quantitative estimate of drug-likeness (QED) is 0.705. The van der Waals surface area contributed by atoms with Crippen molar-refractivity contribution in [3.8, 4) is 5.75 Å². The molecule has 1 aliphatic heterocycles. The number of benzene rings is 1. The van der Waals surface area contributed by atoms with Crippen LogP contribution in [0.4, 0.5) is 0 Å². The van der Waals surface area contributed by atoms with E-state index in [-0.39, 0.29) is 6.61 Å². The molecule has 1 aromatic rings. The van der Waals surface area contributed by atoms with Crippen LogP contribution in [0.2, 0.25) is 0 Å². The van der Waals surface area contributed by atoms with Crippen LogP contribution in [0, 0.1) is 5.92 Å². The molecule has 0 amide bonds. The Balaban J connectivity index is 2.24. The normalized spacial score (nSPS) is 20.2. The van der Waals surface area contributed by atoms with E-state index in [0.29, 0.717) is 6.42 Å². The van der Waals surface area contributed by atoms with E-state index in [4.69, 9.17) is 9.84 Å². The summed E-state index contributed by atoms with van der Waals surface area (Å²) >= 11 is 0. The number of carbonyl (C=O) groups is 1. The van der Waals surface area contributed by atoms with Crippen LogP contribution in [0.15, 0.2) is 24.3 Å². The Labute approximate surface area is 76.0 Å². The number of fused-ring (bicyclic) bond motifs is 1. The Bertz CT molecular complexity index is 333. The van der Waals surface area contributed by atoms with Gasteiger partial charge in [-0.25, -0.2) is 0 Å². The maximum Gasteiger partial charge on any atom is 0.310 e. The van der Waals surface area contributed by atoms with E-state index in [9.17, 15) is 4.79 Å². The molecule has 0 saturated carbocycles. The Kier molecular flexibility index (Phi) is 1.93. The molecule has 0 saturated heterocycles. The third-order valence-corrected chi connectivity index (χ3v) is 2.23. The van der Waals surface area contributed by atoms with Gasteiger partial charge >= 0.3 is 5.97 Å². The second-order valence-electron chi connectivity index (χ2n) is 3.16. The molecule has 1 N–H and O–H groups in total. The molecule has 0 aromatic heterocycles. The molecule has 3 nitrogen and oxygen atoms in total. The van der Waals surface area contributed by atoms with Gasteiger partial charge in [-0.2, -0.15) is 0 Å². The predicted octanol–water partition coefficient (Wildman–Crippen LogP) is 1.32. The lowest BCUT2D eigenvalue weighted by atomic mass is 9.97. The average molecular weight is 178 g/mol. The highest BCUT2D eigenvalue weighted by molar-refractivity contribution is 5.71. The standard InChI is InChI=1S/C10H10O3/c11-10(12)8-5-7-3-1-2-4-9(7)13-6-8/h1-4,8H,5-6H2,(H,11,12)/t8-/m0/s1. The molecule has 0 radical (unpaired) electrons. The van der Waals surface area contributed by atoms with Crippen molar-refractivity contribution in [2.45, 2.75) is 6.42 Å². The number of rotatable bonds is 1. The first-order valence-electron chi connectivity index (χ1n) is 4.21. The maximum absolute atomic E-state index is 10.7. The minimum Gasteiger partial charge on any atom is -0.492 e. The molecule has 3 heteroatoms. The molecule has 0 aliphatic carbocycles. The number of carboxylic acid groups (broad SMARTS) is 1. The summed E-state index contributed by atoms with van der Waals surface area (Å²) in [6.07, 6.45) is 0.575. The fourth-order valence-corrected chi connectivity index (χ4v) is 1.49.